The highest BCUT2D eigenvalue weighted by molar-refractivity contribution is 5.46. The molecule has 0 atom stereocenters. The Balaban J connectivity index is 1.90. The highest BCUT2D eigenvalue weighted by Crippen LogP contribution is 2.18. The van der Waals surface area contributed by atoms with Crippen molar-refractivity contribution in [1.82, 2.24) is 14.8 Å². The number of aryl methyl sites for hydroxylation is 3. The number of hydrogen-bond donors (Lipinski definition) is 3. The van der Waals surface area contributed by atoms with E-state index in [-0.39, 0.29) is 11.6 Å². The molecule has 2 aromatic heterocycles. The number of nitrogens with one attached hydrogen (secondary N) is 2. The topological polar surface area (TPSA) is 80.8 Å². The fourth-order valence-electron chi connectivity index (χ4n) is 2.03. The predicted octanol–water partition coefficient (Wildman–Crippen LogP) is 1.96. The van der Waals surface area contributed by atoms with Crippen LogP contribution in [0.15, 0.2) is 12.1 Å². The van der Waals surface area contributed by atoms with E-state index in [0.29, 0.717) is 13.1 Å². The van der Waals surface area contributed by atoms with Crippen molar-refractivity contribution in [1.29, 1.82) is 0 Å². The Kier molecular flexibility index (Phi) is 4.69. The first kappa shape index (κ1) is 15.2. The maximum absolute atomic E-state index is 13.5. The maximum Gasteiger partial charge on any atom is 0.178 e. The van der Waals surface area contributed by atoms with Crippen molar-refractivity contribution in [3.05, 3.63) is 35.2 Å². The van der Waals surface area contributed by atoms with E-state index in [1.807, 2.05) is 24.6 Å². The molecule has 0 aliphatic carbocycles. The summed E-state index contributed by atoms with van der Waals surface area (Å²) in [5.74, 6) is 3.30. The van der Waals surface area contributed by atoms with Crippen LogP contribution in [0.3, 0.4) is 0 Å². The molecule has 2 aromatic rings. The van der Waals surface area contributed by atoms with E-state index in [4.69, 9.17) is 5.84 Å². The van der Waals surface area contributed by atoms with Crippen molar-refractivity contribution in [2.45, 2.75) is 26.8 Å². The summed E-state index contributed by atoms with van der Waals surface area (Å²) in [6, 6.07) is 2.74. The molecule has 0 saturated heterocycles. The average Bonchev–Trinajstić information content (AvgIpc) is 2.75. The van der Waals surface area contributed by atoms with E-state index < -0.39 is 11.6 Å². The highest BCUT2D eigenvalue weighted by Gasteiger charge is 2.10. The third-order valence-corrected chi connectivity index (χ3v) is 3.01. The van der Waals surface area contributed by atoms with Gasteiger partial charge in [0, 0.05) is 24.8 Å². The second-order valence-electron chi connectivity index (χ2n) is 4.72. The molecule has 114 valence electrons. The number of nitrogens with zero attached hydrogens (tertiary/aromatic N) is 3. The van der Waals surface area contributed by atoms with E-state index in [2.05, 4.69) is 20.8 Å². The number of halogens is 2. The molecule has 0 aromatic carbocycles. The first-order valence-corrected chi connectivity index (χ1v) is 6.59. The lowest BCUT2D eigenvalue weighted by molar-refractivity contribution is 0.565. The fraction of sp³-hybridized carbons (Fsp3) is 0.385. The molecule has 0 aliphatic heterocycles. The molecule has 2 rings (SSSR count). The predicted molar refractivity (Wildman–Crippen MR) is 76.8 cm³/mol. The molecule has 0 amide bonds. The zero-order valence-corrected chi connectivity index (χ0v) is 12.0. The molecule has 0 aliphatic rings. The first-order valence-electron chi connectivity index (χ1n) is 6.59. The zero-order chi connectivity index (χ0) is 15.4. The van der Waals surface area contributed by atoms with Gasteiger partial charge in [0.1, 0.15) is 0 Å². The summed E-state index contributed by atoms with van der Waals surface area (Å²) in [6.07, 6.45) is 0.728. The van der Waals surface area contributed by atoms with Crippen molar-refractivity contribution >= 4 is 11.6 Å². The van der Waals surface area contributed by atoms with E-state index in [1.54, 1.807) is 0 Å². The van der Waals surface area contributed by atoms with E-state index in [9.17, 15) is 8.78 Å². The minimum atomic E-state index is -0.830. The standard InChI is InChI=1S/C13H18F2N6/c1-8-6-9(2)21(20-8)5-3-4-17-12-10(14)7-11(15)13(18-12)19-16/h6-7H,3-5,16H2,1-2H3,(H2,17,18,19). The van der Waals surface area contributed by atoms with Gasteiger partial charge in [0.25, 0.3) is 0 Å². The molecule has 4 N–H and O–H groups in total. The lowest BCUT2D eigenvalue weighted by atomic mass is 10.3. The van der Waals surface area contributed by atoms with Gasteiger partial charge in [-0.3, -0.25) is 4.68 Å². The van der Waals surface area contributed by atoms with Gasteiger partial charge in [-0.05, 0) is 26.3 Å². The van der Waals surface area contributed by atoms with Crippen LogP contribution in [-0.4, -0.2) is 21.3 Å². The Morgan fingerprint density at radius 3 is 2.52 bits per heavy atom. The SMILES string of the molecule is Cc1cc(C)n(CCCNc2nc(NN)c(F)cc2F)n1. The number of nitrogens with two attached hydrogens (primary N) is 1. The number of rotatable bonds is 6. The number of hydrogen-bond acceptors (Lipinski definition) is 5. The van der Waals surface area contributed by atoms with Gasteiger partial charge in [0.2, 0.25) is 0 Å². The van der Waals surface area contributed by atoms with Gasteiger partial charge in [-0.15, -0.1) is 0 Å². The van der Waals surface area contributed by atoms with E-state index in [1.165, 1.54) is 0 Å². The quantitative estimate of drug-likeness (QED) is 0.431. The summed E-state index contributed by atoms with van der Waals surface area (Å²) < 4.78 is 28.6. The molecule has 0 radical (unpaired) electrons. The number of pyridine rings is 1. The summed E-state index contributed by atoms with van der Waals surface area (Å²) >= 11 is 0. The second-order valence-corrected chi connectivity index (χ2v) is 4.72. The number of nitrogen functional groups attached to an aromatic ring is 1. The Bertz CT molecular complexity index is 625. The molecule has 0 unspecified atom stereocenters. The third-order valence-electron chi connectivity index (χ3n) is 3.01. The molecule has 2 heterocycles. The molecular formula is C13H18F2N6. The maximum atomic E-state index is 13.5. The van der Waals surface area contributed by atoms with Crippen LogP contribution < -0.4 is 16.6 Å². The minimum absolute atomic E-state index is 0.0299. The monoisotopic (exact) mass is 296 g/mol. The molecule has 0 fully saturated rings. The van der Waals surface area contributed by atoms with Gasteiger partial charge in [0.05, 0.1) is 5.69 Å². The fourth-order valence-corrected chi connectivity index (χ4v) is 2.03. The van der Waals surface area contributed by atoms with Gasteiger partial charge >= 0.3 is 0 Å². The average molecular weight is 296 g/mol. The Morgan fingerprint density at radius 1 is 1.19 bits per heavy atom. The lowest BCUT2D eigenvalue weighted by Crippen LogP contribution is -2.14. The Labute approximate surface area is 121 Å². The number of hydrazine groups is 1. The largest absolute Gasteiger partial charge is 0.367 e. The second kappa shape index (κ2) is 6.49. The van der Waals surface area contributed by atoms with Gasteiger partial charge in [-0.2, -0.15) is 5.10 Å². The number of aromatic nitrogens is 3. The molecule has 8 heteroatoms. The summed E-state index contributed by atoms with van der Waals surface area (Å²) in [7, 11) is 0. The number of anilines is 2. The van der Waals surface area contributed by atoms with Crippen LogP contribution in [0.1, 0.15) is 17.8 Å². The van der Waals surface area contributed by atoms with Crippen LogP contribution in [-0.2, 0) is 6.54 Å². The van der Waals surface area contributed by atoms with Gasteiger partial charge in [0.15, 0.2) is 23.3 Å². The van der Waals surface area contributed by atoms with Crippen LogP contribution in [0.25, 0.3) is 0 Å². The molecular weight excluding hydrogens is 278 g/mol. The minimum Gasteiger partial charge on any atom is -0.367 e. The molecule has 0 spiro atoms. The molecule has 0 bridgehead atoms. The zero-order valence-electron chi connectivity index (χ0n) is 12.0. The van der Waals surface area contributed by atoms with Crippen LogP contribution in [0, 0.1) is 25.5 Å². The van der Waals surface area contributed by atoms with Crippen molar-refractivity contribution < 1.29 is 8.78 Å². The molecule has 21 heavy (non-hydrogen) atoms. The van der Waals surface area contributed by atoms with Gasteiger partial charge in [-0.25, -0.2) is 19.6 Å². The highest BCUT2D eigenvalue weighted by atomic mass is 19.1. The van der Waals surface area contributed by atoms with Crippen molar-refractivity contribution in [2.75, 3.05) is 17.3 Å². The summed E-state index contributed by atoms with van der Waals surface area (Å²) in [5, 5.41) is 7.16. The van der Waals surface area contributed by atoms with Gasteiger partial charge < -0.3 is 10.7 Å². The van der Waals surface area contributed by atoms with Crippen LogP contribution >= 0.6 is 0 Å². The van der Waals surface area contributed by atoms with Crippen molar-refractivity contribution in [3.63, 3.8) is 0 Å². The van der Waals surface area contributed by atoms with Crippen LogP contribution in [0.5, 0.6) is 0 Å². The Morgan fingerprint density at radius 2 is 1.90 bits per heavy atom. The summed E-state index contributed by atoms with van der Waals surface area (Å²) in [5.41, 5.74) is 4.12. The van der Waals surface area contributed by atoms with Crippen molar-refractivity contribution in [3.8, 4) is 0 Å². The lowest BCUT2D eigenvalue weighted by Gasteiger charge is -2.09. The van der Waals surface area contributed by atoms with E-state index in [0.717, 1.165) is 23.9 Å². The third kappa shape index (κ3) is 3.66. The molecule has 0 saturated carbocycles. The van der Waals surface area contributed by atoms with E-state index >= 15 is 0 Å². The summed E-state index contributed by atoms with van der Waals surface area (Å²) in [4.78, 5) is 3.74. The summed E-state index contributed by atoms with van der Waals surface area (Å²) in [6.45, 7) is 5.10. The smallest absolute Gasteiger partial charge is 0.178 e. The Hall–Kier alpha value is -2.22. The molecule has 6 nitrogen and oxygen atoms in total. The van der Waals surface area contributed by atoms with Gasteiger partial charge in [-0.1, -0.05) is 0 Å². The van der Waals surface area contributed by atoms with Crippen molar-refractivity contribution in [2.24, 2.45) is 5.84 Å². The van der Waals surface area contributed by atoms with Crippen LogP contribution in [0.2, 0.25) is 0 Å². The van der Waals surface area contributed by atoms with Crippen LogP contribution in [0.4, 0.5) is 20.4 Å². The first-order chi connectivity index (χ1) is 10.0. The normalized spacial score (nSPS) is 10.7.